The molecule has 1 aromatic rings. The van der Waals surface area contributed by atoms with E-state index in [1.165, 1.54) is 13.2 Å². The fourth-order valence-electron chi connectivity index (χ4n) is 4.01. The zero-order chi connectivity index (χ0) is 19.4. The normalized spacial score (nSPS) is 19.9. The van der Waals surface area contributed by atoms with Gasteiger partial charge < -0.3 is 9.64 Å². The maximum atomic E-state index is 14.0. The van der Waals surface area contributed by atoms with E-state index in [2.05, 4.69) is 4.90 Å². The maximum Gasteiger partial charge on any atom is 0.308 e. The van der Waals surface area contributed by atoms with Gasteiger partial charge in [-0.05, 0) is 50.9 Å². The van der Waals surface area contributed by atoms with Crippen molar-refractivity contribution < 1.29 is 18.7 Å². The zero-order valence-electron chi connectivity index (χ0n) is 15.6. The van der Waals surface area contributed by atoms with Crippen LogP contribution in [0.3, 0.4) is 0 Å². The van der Waals surface area contributed by atoms with Crippen molar-refractivity contribution in [2.45, 2.75) is 32.2 Å². The highest BCUT2D eigenvalue weighted by Gasteiger charge is 2.33. The van der Waals surface area contributed by atoms with Crippen LogP contribution in [-0.2, 0) is 20.9 Å². The molecule has 2 saturated heterocycles. The smallest absolute Gasteiger partial charge is 0.308 e. The topological polar surface area (TPSA) is 49.9 Å². The van der Waals surface area contributed by atoms with Crippen molar-refractivity contribution in [3.05, 3.63) is 34.6 Å². The summed E-state index contributed by atoms with van der Waals surface area (Å²) >= 11 is 6.11. The Morgan fingerprint density at radius 3 is 2.33 bits per heavy atom. The van der Waals surface area contributed by atoms with Gasteiger partial charge >= 0.3 is 5.97 Å². The van der Waals surface area contributed by atoms with Gasteiger partial charge in [-0.2, -0.15) is 0 Å². The number of nitrogens with zero attached hydrogens (tertiary/aromatic N) is 2. The summed E-state index contributed by atoms with van der Waals surface area (Å²) in [4.78, 5) is 28.4. The third-order valence-electron chi connectivity index (χ3n) is 5.72. The second kappa shape index (κ2) is 9.02. The highest BCUT2D eigenvalue weighted by atomic mass is 35.5. The summed E-state index contributed by atoms with van der Waals surface area (Å²) in [5, 5.41) is 0.446. The minimum Gasteiger partial charge on any atom is -0.469 e. The predicted molar refractivity (Wildman–Crippen MR) is 101 cm³/mol. The average Bonchev–Trinajstić information content (AvgIpc) is 2.70. The van der Waals surface area contributed by atoms with Crippen molar-refractivity contribution in [2.75, 3.05) is 33.3 Å². The van der Waals surface area contributed by atoms with Crippen molar-refractivity contribution in [1.29, 1.82) is 0 Å². The summed E-state index contributed by atoms with van der Waals surface area (Å²) in [6.45, 7) is 3.20. The summed E-state index contributed by atoms with van der Waals surface area (Å²) in [5.41, 5.74) is 0.522. The highest BCUT2D eigenvalue weighted by Crippen LogP contribution is 2.27. The second-order valence-electron chi connectivity index (χ2n) is 7.37. The number of likely N-dealkylation sites (tertiary alicyclic amines) is 2. The lowest BCUT2D eigenvalue weighted by molar-refractivity contribution is -0.150. The van der Waals surface area contributed by atoms with E-state index in [1.54, 1.807) is 12.1 Å². The van der Waals surface area contributed by atoms with Crippen LogP contribution in [0.2, 0.25) is 5.02 Å². The van der Waals surface area contributed by atoms with Crippen molar-refractivity contribution in [1.82, 2.24) is 9.80 Å². The summed E-state index contributed by atoms with van der Waals surface area (Å²) < 4.78 is 18.8. The third-order valence-corrected chi connectivity index (χ3v) is 6.08. The molecule has 0 atom stereocenters. The van der Waals surface area contributed by atoms with Gasteiger partial charge in [0, 0.05) is 36.1 Å². The molecule has 2 fully saturated rings. The molecular weight excluding hydrogens is 371 g/mol. The van der Waals surface area contributed by atoms with Crippen LogP contribution in [0.5, 0.6) is 0 Å². The van der Waals surface area contributed by atoms with E-state index >= 15 is 0 Å². The van der Waals surface area contributed by atoms with Crippen LogP contribution in [0.1, 0.15) is 31.2 Å². The third kappa shape index (κ3) is 4.79. The molecule has 2 heterocycles. The Hall–Kier alpha value is -1.66. The molecule has 2 aliphatic heterocycles. The first-order valence-electron chi connectivity index (χ1n) is 9.51. The Morgan fingerprint density at radius 2 is 1.74 bits per heavy atom. The molecule has 1 aromatic carbocycles. The molecule has 0 aromatic heterocycles. The van der Waals surface area contributed by atoms with Gasteiger partial charge in [-0.15, -0.1) is 0 Å². The number of halogens is 2. The van der Waals surface area contributed by atoms with Crippen molar-refractivity contribution >= 4 is 23.5 Å². The lowest BCUT2D eigenvalue weighted by Crippen LogP contribution is -2.46. The largest absolute Gasteiger partial charge is 0.469 e. The first kappa shape index (κ1) is 20.1. The quantitative estimate of drug-likeness (QED) is 0.734. The van der Waals surface area contributed by atoms with E-state index in [0.717, 1.165) is 25.9 Å². The number of benzene rings is 1. The van der Waals surface area contributed by atoms with E-state index in [4.69, 9.17) is 16.3 Å². The van der Waals surface area contributed by atoms with Gasteiger partial charge in [0.25, 0.3) is 0 Å². The Labute approximate surface area is 164 Å². The van der Waals surface area contributed by atoms with E-state index < -0.39 is 0 Å². The molecule has 0 bridgehead atoms. The number of rotatable bonds is 4. The average molecular weight is 397 g/mol. The number of ether oxygens (including phenoxy) is 1. The monoisotopic (exact) mass is 396 g/mol. The number of methoxy groups -OCH3 is 1. The lowest BCUT2D eigenvalue weighted by Gasteiger charge is -2.36. The van der Waals surface area contributed by atoms with Gasteiger partial charge in [-0.25, -0.2) is 4.39 Å². The molecule has 0 N–H and O–H groups in total. The molecule has 27 heavy (non-hydrogen) atoms. The summed E-state index contributed by atoms with van der Waals surface area (Å²) in [5.74, 6) is -0.364. The molecular formula is C20H26ClFN2O3. The molecule has 5 nitrogen and oxygen atoms in total. The molecule has 0 radical (unpaired) electrons. The molecule has 0 unspecified atom stereocenters. The second-order valence-corrected chi connectivity index (χ2v) is 7.78. The fraction of sp³-hybridized carbons (Fsp3) is 0.600. The summed E-state index contributed by atoms with van der Waals surface area (Å²) in [6.07, 6.45) is 2.87. The SMILES string of the molecule is COC(=O)C1CCN(C(=O)C2CCN(Cc3c(F)cccc3Cl)CC2)CC1. The van der Waals surface area contributed by atoms with Gasteiger partial charge in [-0.1, -0.05) is 17.7 Å². The molecule has 3 rings (SSSR count). The molecule has 0 aliphatic carbocycles. The van der Waals surface area contributed by atoms with Crippen LogP contribution in [0, 0.1) is 17.7 Å². The van der Waals surface area contributed by atoms with Crippen LogP contribution in [0.25, 0.3) is 0 Å². The molecule has 148 valence electrons. The number of piperidine rings is 2. The molecule has 2 aliphatic rings. The molecule has 0 spiro atoms. The highest BCUT2D eigenvalue weighted by molar-refractivity contribution is 6.31. The van der Waals surface area contributed by atoms with Crippen LogP contribution >= 0.6 is 11.6 Å². The Kier molecular flexibility index (Phi) is 6.71. The summed E-state index contributed by atoms with van der Waals surface area (Å²) in [6, 6.07) is 4.74. The van der Waals surface area contributed by atoms with Crippen molar-refractivity contribution in [3.8, 4) is 0 Å². The van der Waals surface area contributed by atoms with Crippen molar-refractivity contribution in [2.24, 2.45) is 11.8 Å². The van der Waals surface area contributed by atoms with Crippen molar-refractivity contribution in [3.63, 3.8) is 0 Å². The van der Waals surface area contributed by atoms with Crippen LogP contribution in [-0.4, -0.2) is 55.0 Å². The number of amides is 1. The van der Waals surface area contributed by atoms with E-state index in [0.29, 0.717) is 43.1 Å². The van der Waals surface area contributed by atoms with Gasteiger partial charge in [0.1, 0.15) is 5.82 Å². The van der Waals surface area contributed by atoms with E-state index in [-0.39, 0.29) is 29.5 Å². The van der Waals surface area contributed by atoms with Gasteiger partial charge in [0.2, 0.25) is 5.91 Å². The minimum absolute atomic E-state index is 0.00650. The molecule has 1 amide bonds. The van der Waals surface area contributed by atoms with Gasteiger partial charge in [-0.3, -0.25) is 14.5 Å². The first-order chi connectivity index (χ1) is 13.0. The Balaban J connectivity index is 1.48. The van der Waals surface area contributed by atoms with Crippen LogP contribution in [0.4, 0.5) is 4.39 Å². The van der Waals surface area contributed by atoms with Crippen LogP contribution < -0.4 is 0 Å². The number of hydrogen-bond donors (Lipinski definition) is 0. The Morgan fingerprint density at radius 1 is 1.11 bits per heavy atom. The van der Waals surface area contributed by atoms with Crippen LogP contribution in [0.15, 0.2) is 18.2 Å². The molecule has 0 saturated carbocycles. The fourth-order valence-corrected chi connectivity index (χ4v) is 4.23. The molecule has 7 heteroatoms. The standard InChI is InChI=1S/C20H26ClFN2O3/c1-27-20(26)15-7-11-24(12-8-15)19(25)14-5-9-23(10-6-14)13-16-17(21)3-2-4-18(16)22/h2-4,14-15H,5-13H2,1H3. The van der Waals surface area contributed by atoms with E-state index in [1.807, 2.05) is 4.90 Å². The Bertz CT molecular complexity index is 664. The number of carbonyl (C=O) groups excluding carboxylic acids is 2. The number of esters is 1. The lowest BCUT2D eigenvalue weighted by atomic mass is 9.92. The van der Waals surface area contributed by atoms with Gasteiger partial charge in [0.15, 0.2) is 0 Å². The number of hydrogen-bond acceptors (Lipinski definition) is 4. The predicted octanol–water partition coefficient (Wildman–Crippen LogP) is 3.10. The van der Waals surface area contributed by atoms with Gasteiger partial charge in [0.05, 0.1) is 13.0 Å². The zero-order valence-corrected chi connectivity index (χ0v) is 16.4. The maximum absolute atomic E-state index is 14.0. The summed E-state index contributed by atoms with van der Waals surface area (Å²) in [7, 11) is 1.40. The first-order valence-corrected chi connectivity index (χ1v) is 9.89. The van der Waals surface area contributed by atoms with E-state index in [9.17, 15) is 14.0 Å². The number of carbonyl (C=O) groups is 2. The minimum atomic E-state index is -0.283.